The van der Waals surface area contributed by atoms with E-state index in [1.807, 2.05) is 0 Å². The number of carbonyl (C=O) groups is 4. The van der Waals surface area contributed by atoms with E-state index in [1.165, 1.54) is 6.92 Å². The van der Waals surface area contributed by atoms with Crippen LogP contribution in [0.25, 0.3) is 0 Å². The zero-order valence-electron chi connectivity index (χ0n) is 59.9. The number of hydrogen-bond donors (Lipinski definition) is 28. The summed E-state index contributed by atoms with van der Waals surface area (Å²) >= 11 is 0. The highest BCUT2D eigenvalue weighted by Gasteiger charge is 2.61. The number of aliphatic hydroxyl groups is 24. The first-order chi connectivity index (χ1) is 52.4. The van der Waals surface area contributed by atoms with Crippen LogP contribution in [0.1, 0.15) is 34.6 Å². The van der Waals surface area contributed by atoms with Gasteiger partial charge in [-0.15, -0.1) is 0 Å². The minimum absolute atomic E-state index is 0.827. The van der Waals surface area contributed by atoms with Crippen LogP contribution in [0, 0.1) is 0 Å². The molecule has 0 aromatic heterocycles. The van der Waals surface area contributed by atoms with Crippen molar-refractivity contribution in [1.29, 1.82) is 0 Å². The van der Waals surface area contributed by atoms with E-state index < -0.39 is 353 Å². The predicted molar refractivity (Wildman–Crippen MR) is 342 cm³/mol. The van der Waals surface area contributed by atoms with E-state index >= 15 is 0 Å². The number of nitrogens with one attached hydrogen (secondary N) is 4. The van der Waals surface area contributed by atoms with Crippen molar-refractivity contribution in [3.05, 3.63) is 0 Å². The number of amides is 4. The first kappa shape index (κ1) is 91.1. The molecule has 9 fully saturated rings. The van der Waals surface area contributed by atoms with Gasteiger partial charge in [0, 0.05) is 27.7 Å². The first-order valence-corrected chi connectivity index (χ1v) is 35.5. The molecule has 9 rings (SSSR count). The van der Waals surface area contributed by atoms with Crippen LogP contribution in [0.3, 0.4) is 0 Å². The van der Waals surface area contributed by atoms with Crippen LogP contribution in [-0.2, 0) is 99.7 Å². The molecule has 45 atom stereocenters. The molecule has 111 heavy (non-hydrogen) atoms. The molecule has 0 unspecified atom stereocenters. The second kappa shape index (κ2) is 39.7. The molecule has 49 nitrogen and oxygen atoms in total. The zero-order chi connectivity index (χ0) is 81.8. The highest BCUT2D eigenvalue weighted by molar-refractivity contribution is 5.74. The number of rotatable bonds is 28. The normalized spacial score (nSPS) is 49.3. The van der Waals surface area contributed by atoms with E-state index in [2.05, 4.69) is 21.3 Å². The van der Waals surface area contributed by atoms with Gasteiger partial charge in [0.1, 0.15) is 213 Å². The Bertz CT molecular complexity index is 2950. The molecule has 642 valence electrons. The molecule has 9 saturated heterocycles. The van der Waals surface area contributed by atoms with E-state index in [-0.39, 0.29) is 0 Å². The average Bonchev–Trinajstić information content (AvgIpc) is 0.767. The molecule has 0 radical (unpaired) electrons. The third-order valence-electron chi connectivity index (χ3n) is 20.3. The van der Waals surface area contributed by atoms with Crippen LogP contribution in [0.15, 0.2) is 0 Å². The van der Waals surface area contributed by atoms with Crippen LogP contribution < -0.4 is 21.3 Å². The maximum atomic E-state index is 13.2. The molecule has 9 aliphatic heterocycles. The van der Waals surface area contributed by atoms with Crippen molar-refractivity contribution >= 4 is 23.6 Å². The molecule has 49 heteroatoms. The van der Waals surface area contributed by atoms with E-state index in [0.29, 0.717) is 0 Å². The van der Waals surface area contributed by atoms with Gasteiger partial charge in [0.15, 0.2) is 56.6 Å². The Morgan fingerprint density at radius 3 is 1.03 bits per heavy atom. The van der Waals surface area contributed by atoms with Gasteiger partial charge in [-0.25, -0.2) is 0 Å². The van der Waals surface area contributed by atoms with Gasteiger partial charge in [0.2, 0.25) is 23.6 Å². The van der Waals surface area contributed by atoms with Crippen LogP contribution >= 0.6 is 0 Å². The maximum Gasteiger partial charge on any atom is 0.217 e. The van der Waals surface area contributed by atoms with Crippen molar-refractivity contribution in [3.63, 3.8) is 0 Å². The lowest BCUT2D eigenvalue weighted by molar-refractivity contribution is -0.396. The molecule has 0 saturated carbocycles. The number of ether oxygens (including phenoxy) is 17. The highest BCUT2D eigenvalue weighted by Crippen LogP contribution is 2.40. The Balaban J connectivity index is 1.05. The summed E-state index contributed by atoms with van der Waals surface area (Å²) in [5.41, 5.74) is 0. The van der Waals surface area contributed by atoms with Gasteiger partial charge < -0.3 is 224 Å². The Hall–Kier alpha value is -3.76. The lowest BCUT2D eigenvalue weighted by atomic mass is 9.93. The lowest BCUT2D eigenvalue weighted by Crippen LogP contribution is -2.71. The van der Waals surface area contributed by atoms with Crippen molar-refractivity contribution in [3.8, 4) is 0 Å². The van der Waals surface area contributed by atoms with Crippen molar-refractivity contribution in [2.45, 2.75) is 311 Å². The van der Waals surface area contributed by atoms with Crippen LogP contribution in [0.4, 0.5) is 0 Å². The summed E-state index contributed by atoms with van der Waals surface area (Å²) in [6.45, 7) is -3.36. The first-order valence-electron chi connectivity index (χ1n) is 35.5. The van der Waals surface area contributed by atoms with Crippen molar-refractivity contribution in [2.75, 3.05) is 52.9 Å². The summed E-state index contributed by atoms with van der Waals surface area (Å²) in [7, 11) is 0. The molecule has 0 spiro atoms. The van der Waals surface area contributed by atoms with E-state index in [9.17, 15) is 142 Å². The Morgan fingerprint density at radius 1 is 0.252 bits per heavy atom. The maximum absolute atomic E-state index is 13.2. The molecule has 9 heterocycles. The topological polar surface area (TPSA) is 759 Å². The largest absolute Gasteiger partial charge is 0.394 e. The van der Waals surface area contributed by atoms with Gasteiger partial charge in [-0.3, -0.25) is 19.2 Å². The summed E-state index contributed by atoms with van der Waals surface area (Å²) in [5, 5.41) is 276. The Kier molecular flexibility index (Phi) is 32.6. The van der Waals surface area contributed by atoms with Gasteiger partial charge in [-0.1, -0.05) is 0 Å². The minimum atomic E-state index is -2.55. The van der Waals surface area contributed by atoms with Crippen LogP contribution in [0.2, 0.25) is 0 Å². The van der Waals surface area contributed by atoms with Crippen LogP contribution in [0.5, 0.6) is 0 Å². The fourth-order valence-electron chi connectivity index (χ4n) is 14.3. The summed E-state index contributed by atoms with van der Waals surface area (Å²) in [6, 6.07) is -7.39. The molecular weight excluding hydrogens is 1520 g/mol. The fraction of sp³-hybridized carbons (Fsp3) is 0.935. The zero-order valence-corrected chi connectivity index (χ0v) is 59.9. The number of aliphatic hydroxyl groups excluding tert-OH is 24. The predicted octanol–water partition coefficient (Wildman–Crippen LogP) is -19.0. The molecular formula is C62H104N4O45. The summed E-state index contributed by atoms with van der Waals surface area (Å²) in [4.78, 5) is 50.9. The molecule has 0 bridgehead atoms. The molecule has 9 aliphatic rings. The van der Waals surface area contributed by atoms with Gasteiger partial charge in [0.05, 0.1) is 59.0 Å². The Labute approximate surface area is 629 Å². The molecule has 0 aromatic carbocycles. The third kappa shape index (κ3) is 20.3. The summed E-state index contributed by atoms with van der Waals surface area (Å²) in [5.74, 6) is -3.59. The second-order valence-corrected chi connectivity index (χ2v) is 28.2. The standard InChI is InChI=1S/C62H104N4O45/c1-14-31(77)41(87)45(91)58(97-14)95-13-26-50(38(84)27(54(94)98-26)63-15(2)73)106-56-29(65-17(4)75)39(85)49(24(11-72)103-56)108-60-47(93)51(109-62-53(44(90)35(81)22(9-70)102-62)111-55-28(64-16(3)74)37(83)32(78)19(6-67)99-55)36(82)25(105-60)12-96-61-52(43(89)34(80)21(8-69)101-61)110-57-30(66-18(5)76)40(86)48(23(10-71)104-57)107-59-46(92)42(88)33(79)20(7-68)100-59/h14,19-62,67-72,77-94H,6-13H2,1-5H3,(H,63,73)(H,64,74)(H,65,75)(H,66,76)/t14-,19-,20-,21+,22-,23+,24-,25+,26+,27+,28-,29-,30+,31+,32-,33+,34+,35-,36+,37-,38+,39-,40+,41+,42+,43-,44+,45-,46-,47-,48+,49-,50+,51-,52-,53+,54+,55+,56+,57-,58+,59+,60-,61-,62-/m1/s1. The van der Waals surface area contributed by atoms with Crippen molar-refractivity contribution in [1.82, 2.24) is 21.3 Å². The minimum Gasteiger partial charge on any atom is -0.394 e. The van der Waals surface area contributed by atoms with Gasteiger partial charge >= 0.3 is 0 Å². The van der Waals surface area contributed by atoms with Crippen molar-refractivity contribution in [2.24, 2.45) is 0 Å². The van der Waals surface area contributed by atoms with Crippen molar-refractivity contribution < 1.29 is 222 Å². The van der Waals surface area contributed by atoms with E-state index in [4.69, 9.17) is 80.5 Å². The Morgan fingerprint density at radius 2 is 0.559 bits per heavy atom. The SMILES string of the molecule is CC(=O)N[C@@H]1[C@@H](O[C@H]2[C@H](OC[C@@H]3O[C@H](O[C@H]4[C@H](O)[C@@H](NC(C)=O)[C@H](O[C@@H]5[C@@H](O)[C@H](NC(C)=O)[C@@H](O)O[C@H]5CO[C@H]5O[C@H](C)[C@H](O)[C@H](O)[C@H]5O)O[C@@H]4CO)[C@H](O)[C@H](O[C@H]4O[C@H](CO)[C@@H](O)[C@H](O)[C@@H]4O[C@@H]4O[C@H](CO)[C@@H](O)[C@H](O)[C@H]4NC(C)=O)[C@H]3O)O[C@@H](CO)[C@H](O)[C@H]2O)O[C@@H](CO)[C@H](O[C@@H]2O[C@H](CO)[C@H](O)[C@H](O)[C@H]2O)[C@H]1O. The van der Waals surface area contributed by atoms with E-state index in [0.717, 1.165) is 27.7 Å². The summed E-state index contributed by atoms with van der Waals surface area (Å²) in [6.07, 6.45) is -83.2. The second-order valence-electron chi connectivity index (χ2n) is 28.2. The average molecular weight is 1630 g/mol. The monoisotopic (exact) mass is 1620 g/mol. The van der Waals surface area contributed by atoms with Crippen LogP contribution in [-0.4, -0.2) is 475 Å². The lowest BCUT2D eigenvalue weighted by Gasteiger charge is -2.51. The molecule has 0 aliphatic carbocycles. The molecule has 4 amide bonds. The smallest absolute Gasteiger partial charge is 0.217 e. The third-order valence-corrected chi connectivity index (χ3v) is 20.3. The molecule has 28 N–H and O–H groups in total. The van der Waals surface area contributed by atoms with Gasteiger partial charge in [0.25, 0.3) is 0 Å². The quantitative estimate of drug-likeness (QED) is 0.0346. The molecule has 0 aromatic rings. The number of hydrogen-bond acceptors (Lipinski definition) is 45. The van der Waals surface area contributed by atoms with Gasteiger partial charge in [-0.2, -0.15) is 0 Å². The summed E-state index contributed by atoms with van der Waals surface area (Å²) < 4.78 is 101. The van der Waals surface area contributed by atoms with Gasteiger partial charge in [-0.05, 0) is 6.92 Å². The highest BCUT2D eigenvalue weighted by atomic mass is 16.8. The van der Waals surface area contributed by atoms with E-state index in [1.54, 1.807) is 0 Å². The number of carbonyl (C=O) groups excluding carboxylic acids is 4. The fourth-order valence-corrected chi connectivity index (χ4v) is 14.3.